The molecule has 3 nitrogen and oxygen atoms in total. The highest BCUT2D eigenvalue weighted by atomic mass is 16.4. The molecule has 1 aliphatic rings. The molecule has 1 aliphatic carbocycles. The van der Waals surface area contributed by atoms with Crippen molar-refractivity contribution in [1.29, 1.82) is 0 Å². The Labute approximate surface area is 120 Å². The smallest absolute Gasteiger partial charge is 0.306 e. The monoisotopic (exact) mass is 276 g/mol. The van der Waals surface area contributed by atoms with Gasteiger partial charge in [-0.2, -0.15) is 0 Å². The standard InChI is InChI=1S/C17H24O3/c1-2-3-4-13-5-7-15(8-6-13)17(20)11-9-14(10-12-17)16(18)19/h5-8,14,20H,2-4,9-12H2,1H3,(H,18,19). The number of carboxylic acid groups (broad SMARTS) is 1. The lowest BCUT2D eigenvalue weighted by Gasteiger charge is -2.35. The van der Waals surface area contributed by atoms with E-state index in [0.717, 1.165) is 12.0 Å². The van der Waals surface area contributed by atoms with Crippen LogP contribution in [0.15, 0.2) is 24.3 Å². The third kappa shape index (κ3) is 3.40. The van der Waals surface area contributed by atoms with Gasteiger partial charge in [0.15, 0.2) is 0 Å². The first-order valence-electron chi connectivity index (χ1n) is 7.60. The van der Waals surface area contributed by atoms with E-state index in [1.165, 1.54) is 18.4 Å². The minimum absolute atomic E-state index is 0.292. The van der Waals surface area contributed by atoms with Gasteiger partial charge in [0.1, 0.15) is 0 Å². The van der Waals surface area contributed by atoms with E-state index in [-0.39, 0.29) is 5.92 Å². The summed E-state index contributed by atoms with van der Waals surface area (Å²) in [5, 5.41) is 19.7. The lowest BCUT2D eigenvalue weighted by Crippen LogP contribution is -2.33. The Bertz CT molecular complexity index is 442. The molecular weight excluding hydrogens is 252 g/mol. The lowest BCUT2D eigenvalue weighted by atomic mass is 9.75. The van der Waals surface area contributed by atoms with Crippen LogP contribution in [-0.2, 0) is 16.8 Å². The molecule has 110 valence electrons. The number of carboxylic acids is 1. The van der Waals surface area contributed by atoms with E-state index in [0.29, 0.717) is 25.7 Å². The van der Waals surface area contributed by atoms with Crippen LogP contribution in [0.1, 0.15) is 56.6 Å². The number of aliphatic hydroxyl groups is 1. The summed E-state index contributed by atoms with van der Waals surface area (Å²) in [6, 6.07) is 8.19. The molecule has 0 aliphatic heterocycles. The summed E-state index contributed by atoms with van der Waals surface area (Å²) in [6.07, 6.45) is 5.64. The number of aryl methyl sites for hydroxylation is 1. The molecule has 3 heteroatoms. The summed E-state index contributed by atoms with van der Waals surface area (Å²) in [5.74, 6) is -1.03. The van der Waals surface area contributed by atoms with Crippen LogP contribution in [0.2, 0.25) is 0 Å². The highest BCUT2D eigenvalue weighted by molar-refractivity contribution is 5.70. The average Bonchev–Trinajstić information content (AvgIpc) is 2.46. The van der Waals surface area contributed by atoms with Gasteiger partial charge in [-0.15, -0.1) is 0 Å². The van der Waals surface area contributed by atoms with Crippen LogP contribution in [0, 0.1) is 5.92 Å². The largest absolute Gasteiger partial charge is 0.481 e. The van der Waals surface area contributed by atoms with Gasteiger partial charge in [-0.25, -0.2) is 0 Å². The Hall–Kier alpha value is -1.35. The minimum atomic E-state index is -0.838. The zero-order valence-electron chi connectivity index (χ0n) is 12.1. The van der Waals surface area contributed by atoms with Gasteiger partial charge in [0.05, 0.1) is 11.5 Å². The summed E-state index contributed by atoms with van der Waals surface area (Å²) in [6.45, 7) is 2.18. The fourth-order valence-electron chi connectivity index (χ4n) is 2.99. The average molecular weight is 276 g/mol. The molecule has 1 saturated carbocycles. The van der Waals surface area contributed by atoms with Crippen LogP contribution >= 0.6 is 0 Å². The van der Waals surface area contributed by atoms with Crippen molar-refractivity contribution in [2.75, 3.05) is 0 Å². The van der Waals surface area contributed by atoms with Crippen molar-refractivity contribution in [3.05, 3.63) is 35.4 Å². The number of hydrogen-bond acceptors (Lipinski definition) is 2. The van der Waals surface area contributed by atoms with Gasteiger partial charge in [0.25, 0.3) is 0 Å². The number of aliphatic carboxylic acids is 1. The first-order valence-corrected chi connectivity index (χ1v) is 7.60. The zero-order valence-corrected chi connectivity index (χ0v) is 12.1. The van der Waals surface area contributed by atoms with Crippen LogP contribution in [0.5, 0.6) is 0 Å². The van der Waals surface area contributed by atoms with E-state index >= 15 is 0 Å². The Morgan fingerprint density at radius 1 is 1.25 bits per heavy atom. The van der Waals surface area contributed by atoms with Crippen LogP contribution in [-0.4, -0.2) is 16.2 Å². The van der Waals surface area contributed by atoms with Gasteiger partial charge in [-0.1, -0.05) is 37.6 Å². The molecule has 2 rings (SSSR count). The van der Waals surface area contributed by atoms with E-state index < -0.39 is 11.6 Å². The topological polar surface area (TPSA) is 57.5 Å². The van der Waals surface area contributed by atoms with Gasteiger partial charge < -0.3 is 10.2 Å². The summed E-state index contributed by atoms with van der Waals surface area (Å²) >= 11 is 0. The maximum atomic E-state index is 11.0. The van der Waals surface area contributed by atoms with E-state index in [1.54, 1.807) is 0 Å². The number of carbonyl (C=O) groups is 1. The van der Waals surface area contributed by atoms with Crippen LogP contribution in [0.4, 0.5) is 0 Å². The number of rotatable bonds is 5. The molecule has 1 fully saturated rings. The van der Waals surface area contributed by atoms with Gasteiger partial charge in [0.2, 0.25) is 0 Å². The molecule has 2 N–H and O–H groups in total. The second kappa shape index (κ2) is 6.40. The highest BCUT2D eigenvalue weighted by Crippen LogP contribution is 2.39. The van der Waals surface area contributed by atoms with Crippen molar-refractivity contribution < 1.29 is 15.0 Å². The highest BCUT2D eigenvalue weighted by Gasteiger charge is 2.36. The van der Waals surface area contributed by atoms with Gasteiger partial charge >= 0.3 is 5.97 Å². The SMILES string of the molecule is CCCCc1ccc(C2(O)CCC(C(=O)O)CC2)cc1. The molecule has 0 unspecified atom stereocenters. The van der Waals surface area contributed by atoms with Crippen molar-refractivity contribution in [3.8, 4) is 0 Å². The molecule has 0 heterocycles. The maximum absolute atomic E-state index is 11.0. The Balaban J connectivity index is 2.02. The second-order valence-electron chi connectivity index (χ2n) is 5.94. The third-order valence-electron chi connectivity index (χ3n) is 4.47. The molecule has 1 aromatic rings. The molecule has 20 heavy (non-hydrogen) atoms. The first-order chi connectivity index (χ1) is 9.55. The first kappa shape index (κ1) is 15.0. The Kier molecular flexibility index (Phi) is 4.81. The fourth-order valence-corrected chi connectivity index (χ4v) is 2.99. The predicted octanol–water partition coefficient (Wildman–Crippen LogP) is 3.49. The molecule has 0 aromatic heterocycles. The fraction of sp³-hybridized carbons (Fsp3) is 0.588. The van der Waals surface area contributed by atoms with Crippen molar-refractivity contribution in [2.24, 2.45) is 5.92 Å². The molecule has 1 aromatic carbocycles. The molecule has 0 atom stereocenters. The van der Waals surface area contributed by atoms with Gasteiger partial charge in [0, 0.05) is 0 Å². The summed E-state index contributed by atoms with van der Waals surface area (Å²) in [7, 11) is 0. The lowest BCUT2D eigenvalue weighted by molar-refractivity contribution is -0.145. The van der Waals surface area contributed by atoms with E-state index in [4.69, 9.17) is 5.11 Å². The summed E-state index contributed by atoms with van der Waals surface area (Å²) in [4.78, 5) is 11.0. The van der Waals surface area contributed by atoms with Crippen LogP contribution < -0.4 is 0 Å². The van der Waals surface area contributed by atoms with Crippen molar-refractivity contribution >= 4 is 5.97 Å². The molecule has 0 saturated heterocycles. The Morgan fingerprint density at radius 3 is 2.35 bits per heavy atom. The second-order valence-corrected chi connectivity index (χ2v) is 5.94. The molecule has 0 radical (unpaired) electrons. The minimum Gasteiger partial charge on any atom is -0.481 e. The van der Waals surface area contributed by atoms with Gasteiger partial charge in [-0.05, 0) is 49.7 Å². The van der Waals surface area contributed by atoms with Crippen LogP contribution in [0.3, 0.4) is 0 Å². The molecule has 0 amide bonds. The maximum Gasteiger partial charge on any atom is 0.306 e. The van der Waals surface area contributed by atoms with Crippen LogP contribution in [0.25, 0.3) is 0 Å². The zero-order chi connectivity index (χ0) is 14.6. The van der Waals surface area contributed by atoms with Crippen molar-refractivity contribution in [3.63, 3.8) is 0 Å². The van der Waals surface area contributed by atoms with Crippen molar-refractivity contribution in [1.82, 2.24) is 0 Å². The molecular formula is C17H24O3. The molecule has 0 spiro atoms. The third-order valence-corrected chi connectivity index (χ3v) is 4.47. The quantitative estimate of drug-likeness (QED) is 0.865. The molecule has 0 bridgehead atoms. The summed E-state index contributed by atoms with van der Waals surface area (Å²) in [5.41, 5.74) is 1.40. The number of benzene rings is 1. The predicted molar refractivity (Wildman–Crippen MR) is 78.5 cm³/mol. The van der Waals surface area contributed by atoms with E-state index in [9.17, 15) is 9.90 Å². The normalized spacial score (nSPS) is 26.4. The van der Waals surface area contributed by atoms with E-state index in [2.05, 4.69) is 19.1 Å². The number of hydrogen-bond donors (Lipinski definition) is 2. The van der Waals surface area contributed by atoms with Crippen molar-refractivity contribution in [2.45, 2.75) is 57.5 Å². The number of unbranched alkanes of at least 4 members (excludes halogenated alkanes) is 1. The summed E-state index contributed by atoms with van der Waals surface area (Å²) < 4.78 is 0. The Morgan fingerprint density at radius 2 is 1.85 bits per heavy atom. The van der Waals surface area contributed by atoms with E-state index in [1.807, 2.05) is 12.1 Å². The van der Waals surface area contributed by atoms with Gasteiger partial charge in [-0.3, -0.25) is 4.79 Å².